The Kier molecular flexibility index (Phi) is 3.76. The van der Waals surface area contributed by atoms with Crippen molar-refractivity contribution in [2.45, 2.75) is 26.4 Å². The van der Waals surface area contributed by atoms with Gasteiger partial charge in [-0.3, -0.25) is 4.57 Å². The van der Waals surface area contributed by atoms with Gasteiger partial charge >= 0.3 is 0 Å². The van der Waals surface area contributed by atoms with Crippen LogP contribution in [0, 0.1) is 0 Å². The van der Waals surface area contributed by atoms with Crippen molar-refractivity contribution in [1.29, 1.82) is 0 Å². The zero-order valence-electron chi connectivity index (χ0n) is 6.98. The largest absolute Gasteiger partial charge is 0.411 e. The summed E-state index contributed by atoms with van der Waals surface area (Å²) in [5.41, 5.74) is -0.241. The second kappa shape index (κ2) is 3.88. The molecule has 2 unspecified atom stereocenters. The summed E-state index contributed by atoms with van der Waals surface area (Å²) in [5, 5.41) is 11.2. The summed E-state index contributed by atoms with van der Waals surface area (Å²) < 4.78 is 11.2. The molecule has 0 heterocycles. The molecule has 2 N–H and O–H groups in total. The molecule has 0 aromatic rings. The minimum Gasteiger partial charge on any atom is -0.411 e. The minimum absolute atomic E-state index is 0.209. The fourth-order valence-electron chi connectivity index (χ4n) is 0.649. The number of nitrogens with zero attached hydrogens (tertiary/aromatic N) is 1. The molecule has 0 aliphatic carbocycles. The van der Waals surface area contributed by atoms with E-state index in [-0.39, 0.29) is 6.16 Å². The van der Waals surface area contributed by atoms with Gasteiger partial charge in [0.1, 0.15) is 0 Å². The van der Waals surface area contributed by atoms with Crippen molar-refractivity contribution in [2.75, 3.05) is 6.16 Å². The van der Waals surface area contributed by atoms with Gasteiger partial charge in [0, 0.05) is 6.16 Å². The van der Waals surface area contributed by atoms with Crippen molar-refractivity contribution in [3.63, 3.8) is 0 Å². The molecule has 2 atom stereocenters. The van der Waals surface area contributed by atoms with E-state index >= 15 is 0 Å². The van der Waals surface area contributed by atoms with E-state index in [0.29, 0.717) is 5.71 Å². The number of hydrogen-bond acceptors (Lipinski definition) is 3. The summed E-state index contributed by atoms with van der Waals surface area (Å²) in [6.45, 7) is 4.75. The summed E-state index contributed by atoms with van der Waals surface area (Å²) in [6.07, 6.45) is 0.209. The summed E-state index contributed by atoms with van der Waals surface area (Å²) >= 11 is 0. The van der Waals surface area contributed by atoms with Crippen molar-refractivity contribution in [3.8, 4) is 0 Å². The van der Waals surface area contributed by atoms with Crippen LogP contribution >= 0.6 is 7.37 Å². The van der Waals surface area contributed by atoms with E-state index in [2.05, 4.69) is 5.16 Å². The van der Waals surface area contributed by atoms with Crippen LogP contribution in [0.15, 0.2) is 5.16 Å². The van der Waals surface area contributed by atoms with Crippen LogP contribution in [-0.2, 0) is 4.57 Å². The number of hydrogen-bond donors (Lipinski definition) is 2. The lowest BCUT2D eigenvalue weighted by Gasteiger charge is -2.15. The molecule has 0 saturated heterocycles. The molecule has 0 aromatic carbocycles. The lowest BCUT2D eigenvalue weighted by molar-refractivity contribution is 0.317. The summed E-state index contributed by atoms with van der Waals surface area (Å²) in [7, 11) is -3.13. The molecular formula is C6H14NO3P. The van der Waals surface area contributed by atoms with E-state index < -0.39 is 13.0 Å². The van der Waals surface area contributed by atoms with Crippen LogP contribution in [-0.4, -0.2) is 27.6 Å². The molecule has 5 heteroatoms. The molecule has 0 amide bonds. The van der Waals surface area contributed by atoms with Gasteiger partial charge in [-0.15, -0.1) is 0 Å². The molecule has 0 radical (unpaired) electrons. The smallest absolute Gasteiger partial charge is 0.208 e. The monoisotopic (exact) mass is 179 g/mol. The zero-order chi connectivity index (χ0) is 9.07. The highest BCUT2D eigenvalue weighted by Crippen LogP contribution is 2.45. The number of rotatable bonds is 3. The third kappa shape index (κ3) is 2.64. The SMILES string of the molecule is CCP(=O)(O)C(C)C(C)=NO. The lowest BCUT2D eigenvalue weighted by atomic mass is 10.3. The van der Waals surface area contributed by atoms with Crippen LogP contribution in [0.3, 0.4) is 0 Å². The fraction of sp³-hybridized carbons (Fsp3) is 0.833. The van der Waals surface area contributed by atoms with E-state index in [1.165, 1.54) is 6.92 Å². The molecule has 0 rings (SSSR count). The Bertz CT molecular complexity index is 202. The van der Waals surface area contributed by atoms with Crippen LogP contribution in [0.4, 0.5) is 0 Å². The first kappa shape index (κ1) is 10.7. The average molecular weight is 179 g/mol. The van der Waals surface area contributed by atoms with Gasteiger partial charge in [0.05, 0.1) is 11.4 Å². The van der Waals surface area contributed by atoms with Crippen molar-refractivity contribution in [3.05, 3.63) is 0 Å². The molecule has 0 spiro atoms. The molecule has 0 aromatic heterocycles. The van der Waals surface area contributed by atoms with Crippen LogP contribution in [0.5, 0.6) is 0 Å². The fourth-order valence-corrected chi connectivity index (χ4v) is 1.83. The predicted octanol–water partition coefficient (Wildman–Crippen LogP) is 1.52. The van der Waals surface area contributed by atoms with Gasteiger partial charge in [-0.05, 0) is 13.8 Å². The standard InChI is InChI=1S/C6H14NO3P/c1-4-11(9,10)6(3)5(2)7-8/h6,8H,4H2,1-3H3,(H,9,10). The molecule has 0 aliphatic rings. The first-order valence-electron chi connectivity index (χ1n) is 3.45. The Hall–Kier alpha value is -0.340. The molecule has 11 heavy (non-hydrogen) atoms. The van der Waals surface area contributed by atoms with Gasteiger partial charge < -0.3 is 10.1 Å². The van der Waals surface area contributed by atoms with Gasteiger partial charge in [-0.2, -0.15) is 0 Å². The van der Waals surface area contributed by atoms with Gasteiger partial charge in [0.15, 0.2) is 0 Å². The quantitative estimate of drug-likeness (QED) is 0.298. The number of oxime groups is 1. The molecule has 0 aliphatic heterocycles. The van der Waals surface area contributed by atoms with Crippen molar-refractivity contribution >= 4 is 13.1 Å². The highest BCUT2D eigenvalue weighted by Gasteiger charge is 2.27. The lowest BCUT2D eigenvalue weighted by Crippen LogP contribution is -2.15. The van der Waals surface area contributed by atoms with E-state index in [1.807, 2.05) is 0 Å². The second-order valence-corrected chi connectivity index (χ2v) is 5.41. The Morgan fingerprint density at radius 3 is 2.45 bits per heavy atom. The maximum absolute atomic E-state index is 11.2. The molecule has 0 fully saturated rings. The third-order valence-corrected chi connectivity index (χ3v) is 4.31. The molecular weight excluding hydrogens is 165 g/mol. The minimum atomic E-state index is -3.13. The van der Waals surface area contributed by atoms with Crippen molar-refractivity contribution < 1.29 is 14.7 Å². The van der Waals surface area contributed by atoms with E-state index in [0.717, 1.165) is 0 Å². The first-order valence-corrected chi connectivity index (χ1v) is 5.37. The summed E-state index contributed by atoms with van der Waals surface area (Å²) in [5.74, 6) is 0. The van der Waals surface area contributed by atoms with Crippen LogP contribution in [0.2, 0.25) is 0 Å². The van der Waals surface area contributed by atoms with Crippen molar-refractivity contribution in [1.82, 2.24) is 0 Å². The predicted molar refractivity (Wildman–Crippen MR) is 44.7 cm³/mol. The highest BCUT2D eigenvalue weighted by molar-refractivity contribution is 7.59. The molecule has 0 saturated carbocycles. The van der Waals surface area contributed by atoms with Crippen LogP contribution in [0.1, 0.15) is 20.8 Å². The van der Waals surface area contributed by atoms with Gasteiger partial charge in [0.2, 0.25) is 7.37 Å². The van der Waals surface area contributed by atoms with E-state index in [1.54, 1.807) is 13.8 Å². The Balaban J connectivity index is 4.49. The van der Waals surface area contributed by atoms with Crippen molar-refractivity contribution in [2.24, 2.45) is 5.16 Å². The Morgan fingerprint density at radius 2 is 2.18 bits per heavy atom. The van der Waals surface area contributed by atoms with E-state index in [9.17, 15) is 9.46 Å². The van der Waals surface area contributed by atoms with Crippen LogP contribution < -0.4 is 0 Å². The Morgan fingerprint density at radius 1 is 1.73 bits per heavy atom. The highest BCUT2D eigenvalue weighted by atomic mass is 31.2. The average Bonchev–Trinajstić information content (AvgIpc) is 2.01. The zero-order valence-corrected chi connectivity index (χ0v) is 7.88. The van der Waals surface area contributed by atoms with Gasteiger partial charge in [-0.1, -0.05) is 12.1 Å². The maximum atomic E-state index is 11.2. The summed E-state index contributed by atoms with van der Waals surface area (Å²) in [6, 6.07) is 0. The first-order chi connectivity index (χ1) is 4.95. The van der Waals surface area contributed by atoms with Crippen LogP contribution in [0.25, 0.3) is 0 Å². The maximum Gasteiger partial charge on any atom is 0.208 e. The van der Waals surface area contributed by atoms with Gasteiger partial charge in [-0.25, -0.2) is 0 Å². The second-order valence-electron chi connectivity index (χ2n) is 2.49. The molecule has 66 valence electrons. The van der Waals surface area contributed by atoms with E-state index in [4.69, 9.17) is 5.21 Å². The normalized spacial score (nSPS) is 20.9. The molecule has 4 nitrogen and oxygen atoms in total. The molecule has 0 bridgehead atoms. The Labute approximate surface area is 66.4 Å². The summed E-state index contributed by atoms with van der Waals surface area (Å²) in [4.78, 5) is 9.26. The topological polar surface area (TPSA) is 69.9 Å². The van der Waals surface area contributed by atoms with Gasteiger partial charge in [0.25, 0.3) is 0 Å². The third-order valence-electron chi connectivity index (χ3n) is 1.82.